The molecule has 0 aliphatic heterocycles. The van der Waals surface area contributed by atoms with Crippen LogP contribution in [0.25, 0.3) is 0 Å². The highest BCUT2D eigenvalue weighted by Crippen LogP contribution is 2.03. The maximum Gasteiger partial charge on any atom is 0.139 e. The van der Waals surface area contributed by atoms with Crippen LogP contribution in [0.2, 0.25) is 0 Å². The van der Waals surface area contributed by atoms with Crippen LogP contribution in [0.1, 0.15) is 17.5 Å². The number of benzene rings is 1. The summed E-state index contributed by atoms with van der Waals surface area (Å²) in [7, 11) is 0. The van der Waals surface area contributed by atoms with Gasteiger partial charge in [-0.05, 0) is 12.5 Å². The summed E-state index contributed by atoms with van der Waals surface area (Å²) in [4.78, 5) is 4.90. The molecule has 71 valence electrons. The SMILES string of the molecule is C#CCCON=[C]c1ccccc1C. The predicted molar refractivity (Wildman–Crippen MR) is 57.1 cm³/mol. The van der Waals surface area contributed by atoms with Crippen molar-refractivity contribution in [3.8, 4) is 12.3 Å². The summed E-state index contributed by atoms with van der Waals surface area (Å²) in [5.74, 6) is 2.46. The molecule has 2 heteroatoms. The van der Waals surface area contributed by atoms with E-state index >= 15 is 0 Å². The lowest BCUT2D eigenvalue weighted by atomic mass is 10.1. The zero-order valence-electron chi connectivity index (χ0n) is 8.16. The second kappa shape index (κ2) is 5.82. The molecule has 2 nitrogen and oxygen atoms in total. The molecule has 0 heterocycles. The standard InChI is InChI=1S/C12H12NO/c1-3-4-9-14-13-10-12-8-6-5-7-11(12)2/h1,5-8H,4,9H2,2H3. The zero-order valence-corrected chi connectivity index (χ0v) is 8.16. The van der Waals surface area contributed by atoms with E-state index in [9.17, 15) is 0 Å². The summed E-state index contributed by atoms with van der Waals surface area (Å²) < 4.78 is 0. The van der Waals surface area contributed by atoms with Gasteiger partial charge in [-0.25, -0.2) is 0 Å². The van der Waals surface area contributed by atoms with E-state index in [1.165, 1.54) is 0 Å². The summed E-state index contributed by atoms with van der Waals surface area (Å²) in [5.41, 5.74) is 2.06. The first kappa shape index (κ1) is 10.3. The normalized spacial score (nSPS) is 10.0. The predicted octanol–water partition coefficient (Wildman–Crippen LogP) is 2.25. The zero-order chi connectivity index (χ0) is 10.2. The lowest BCUT2D eigenvalue weighted by molar-refractivity contribution is 0.152. The lowest BCUT2D eigenvalue weighted by Gasteiger charge is -1.97. The third kappa shape index (κ3) is 3.32. The molecule has 0 bridgehead atoms. The maximum atomic E-state index is 5.05. The monoisotopic (exact) mass is 186 g/mol. The Morgan fingerprint density at radius 2 is 2.21 bits per heavy atom. The summed E-state index contributed by atoms with van der Waals surface area (Å²) >= 11 is 0. The minimum Gasteiger partial charge on any atom is -0.394 e. The van der Waals surface area contributed by atoms with Crippen LogP contribution in [0.4, 0.5) is 0 Å². The topological polar surface area (TPSA) is 21.6 Å². The van der Waals surface area contributed by atoms with Crippen LogP contribution in [-0.2, 0) is 4.84 Å². The molecule has 0 saturated heterocycles. The van der Waals surface area contributed by atoms with Gasteiger partial charge in [-0.1, -0.05) is 29.4 Å². The third-order valence-electron chi connectivity index (χ3n) is 1.71. The fourth-order valence-electron chi connectivity index (χ4n) is 0.930. The molecule has 0 aliphatic rings. The molecular weight excluding hydrogens is 174 g/mol. The van der Waals surface area contributed by atoms with Crippen molar-refractivity contribution < 1.29 is 4.84 Å². The molecule has 1 rings (SSSR count). The Hall–Kier alpha value is -1.75. The van der Waals surface area contributed by atoms with Crippen molar-refractivity contribution in [2.45, 2.75) is 13.3 Å². The smallest absolute Gasteiger partial charge is 0.139 e. The van der Waals surface area contributed by atoms with Gasteiger partial charge in [0, 0.05) is 12.0 Å². The molecule has 1 aromatic rings. The summed E-state index contributed by atoms with van der Waals surface area (Å²) in [6, 6.07) is 7.84. The van der Waals surface area contributed by atoms with Gasteiger partial charge >= 0.3 is 0 Å². The summed E-state index contributed by atoms with van der Waals surface area (Å²) in [6.45, 7) is 2.44. The Balaban J connectivity index is 2.45. The van der Waals surface area contributed by atoms with Gasteiger partial charge in [0.25, 0.3) is 0 Å². The molecule has 14 heavy (non-hydrogen) atoms. The van der Waals surface area contributed by atoms with Gasteiger partial charge in [-0.3, -0.25) is 0 Å². The highest BCUT2D eigenvalue weighted by molar-refractivity contribution is 5.80. The minimum absolute atomic E-state index is 0.440. The lowest BCUT2D eigenvalue weighted by Crippen LogP contribution is -1.89. The highest BCUT2D eigenvalue weighted by Gasteiger charge is 1.92. The van der Waals surface area contributed by atoms with E-state index in [1.54, 1.807) is 0 Å². The molecule has 0 N–H and O–H groups in total. The molecule has 1 aromatic carbocycles. The number of hydrogen-bond donors (Lipinski definition) is 0. The van der Waals surface area contributed by atoms with E-state index in [0.717, 1.165) is 11.1 Å². The Morgan fingerprint density at radius 3 is 2.93 bits per heavy atom. The van der Waals surface area contributed by atoms with Gasteiger partial charge < -0.3 is 4.84 Å². The maximum absolute atomic E-state index is 5.05. The van der Waals surface area contributed by atoms with Gasteiger partial charge in [-0.2, -0.15) is 0 Å². The van der Waals surface area contributed by atoms with E-state index in [4.69, 9.17) is 11.3 Å². The molecule has 0 atom stereocenters. The van der Waals surface area contributed by atoms with Crippen LogP contribution in [-0.4, -0.2) is 12.8 Å². The quantitative estimate of drug-likeness (QED) is 0.306. The van der Waals surface area contributed by atoms with Crippen molar-refractivity contribution in [3.63, 3.8) is 0 Å². The third-order valence-corrected chi connectivity index (χ3v) is 1.71. The van der Waals surface area contributed by atoms with Crippen molar-refractivity contribution in [2.75, 3.05) is 6.61 Å². The van der Waals surface area contributed by atoms with Gasteiger partial charge in [0.2, 0.25) is 0 Å². The van der Waals surface area contributed by atoms with Crippen molar-refractivity contribution in [1.82, 2.24) is 0 Å². The fourth-order valence-corrected chi connectivity index (χ4v) is 0.930. The minimum atomic E-state index is 0.440. The van der Waals surface area contributed by atoms with Crippen molar-refractivity contribution in [1.29, 1.82) is 0 Å². The fraction of sp³-hybridized carbons (Fsp3) is 0.250. The second-order valence-electron chi connectivity index (χ2n) is 2.81. The first-order valence-electron chi connectivity index (χ1n) is 4.41. The van der Waals surface area contributed by atoms with E-state index in [1.807, 2.05) is 31.2 Å². The summed E-state index contributed by atoms with van der Waals surface area (Å²) in [6.07, 6.45) is 8.43. The molecular formula is C12H12NO. The van der Waals surface area contributed by atoms with Crippen LogP contribution in [0.5, 0.6) is 0 Å². The van der Waals surface area contributed by atoms with Crippen molar-refractivity contribution in [2.24, 2.45) is 5.16 Å². The first-order valence-corrected chi connectivity index (χ1v) is 4.41. The molecule has 0 spiro atoms. The van der Waals surface area contributed by atoms with Crippen molar-refractivity contribution >= 4 is 6.21 Å². The van der Waals surface area contributed by atoms with Crippen LogP contribution in [0.3, 0.4) is 0 Å². The number of terminal acetylenes is 1. The summed E-state index contributed by atoms with van der Waals surface area (Å²) in [5, 5.41) is 3.69. The van der Waals surface area contributed by atoms with Crippen LogP contribution in [0, 0.1) is 19.3 Å². The van der Waals surface area contributed by atoms with Crippen molar-refractivity contribution in [3.05, 3.63) is 35.4 Å². The Kier molecular flexibility index (Phi) is 4.30. The average molecular weight is 186 g/mol. The Bertz CT molecular complexity index is 350. The molecule has 0 aliphatic carbocycles. The Morgan fingerprint density at radius 1 is 1.43 bits per heavy atom. The van der Waals surface area contributed by atoms with E-state index in [0.29, 0.717) is 13.0 Å². The molecule has 0 fully saturated rings. The average Bonchev–Trinajstić information content (AvgIpc) is 2.20. The molecule has 0 unspecified atom stereocenters. The number of hydrogen-bond acceptors (Lipinski definition) is 2. The largest absolute Gasteiger partial charge is 0.394 e. The van der Waals surface area contributed by atoms with E-state index < -0.39 is 0 Å². The van der Waals surface area contributed by atoms with Gasteiger partial charge in [0.15, 0.2) is 0 Å². The van der Waals surface area contributed by atoms with Gasteiger partial charge in [-0.15, -0.1) is 12.3 Å². The number of nitrogens with zero attached hydrogens (tertiary/aromatic N) is 1. The van der Waals surface area contributed by atoms with Crippen LogP contribution in [0.15, 0.2) is 29.4 Å². The molecule has 0 saturated carbocycles. The second-order valence-corrected chi connectivity index (χ2v) is 2.81. The number of rotatable bonds is 4. The van der Waals surface area contributed by atoms with Crippen LogP contribution < -0.4 is 0 Å². The highest BCUT2D eigenvalue weighted by atomic mass is 16.6. The van der Waals surface area contributed by atoms with Crippen LogP contribution >= 0.6 is 0 Å². The van der Waals surface area contributed by atoms with Gasteiger partial charge in [0.1, 0.15) is 12.8 Å². The first-order chi connectivity index (χ1) is 6.84. The van der Waals surface area contributed by atoms with E-state index in [-0.39, 0.29) is 0 Å². The number of aryl methyl sites for hydroxylation is 1. The van der Waals surface area contributed by atoms with E-state index in [2.05, 4.69) is 17.3 Å². The Labute approximate surface area is 84.6 Å². The van der Waals surface area contributed by atoms with Gasteiger partial charge in [0.05, 0.1) is 0 Å². The molecule has 1 radical (unpaired) electrons. The molecule has 0 amide bonds. The molecule has 0 aromatic heterocycles.